The average molecular weight is 280 g/mol. The van der Waals surface area contributed by atoms with Crippen LogP contribution >= 0.6 is 11.6 Å². The second-order valence-corrected chi connectivity index (χ2v) is 4.37. The first-order chi connectivity index (χ1) is 9.02. The van der Waals surface area contributed by atoms with Crippen molar-refractivity contribution in [1.82, 2.24) is 4.98 Å². The zero-order valence-corrected chi connectivity index (χ0v) is 11.2. The maximum absolute atomic E-state index is 13.6. The van der Waals surface area contributed by atoms with E-state index in [1.807, 2.05) is 6.92 Å². The number of methoxy groups -OCH3 is 1. The van der Waals surface area contributed by atoms with Gasteiger partial charge in [0.05, 0.1) is 12.7 Å². The third-order valence-electron chi connectivity index (χ3n) is 2.72. The Morgan fingerprint density at radius 3 is 2.74 bits per heavy atom. The van der Waals surface area contributed by atoms with Crippen LogP contribution < -0.4 is 0 Å². The summed E-state index contributed by atoms with van der Waals surface area (Å²) in [7, 11) is 1.25. The lowest BCUT2D eigenvalue weighted by molar-refractivity contribution is 0.0600. The molecule has 0 spiro atoms. The van der Waals surface area contributed by atoms with Crippen LogP contribution in [0.2, 0.25) is 5.15 Å². The molecule has 0 aliphatic heterocycles. The minimum Gasteiger partial charge on any atom is -0.465 e. The number of ether oxygens (including phenoxy) is 1. The van der Waals surface area contributed by atoms with E-state index in [4.69, 9.17) is 11.6 Å². The van der Waals surface area contributed by atoms with Crippen LogP contribution in [0.25, 0.3) is 11.1 Å². The molecule has 0 aliphatic rings. The molecule has 1 aromatic heterocycles. The van der Waals surface area contributed by atoms with E-state index in [0.717, 1.165) is 11.6 Å². The second kappa shape index (κ2) is 5.36. The molecule has 2 rings (SSSR count). The second-order valence-electron chi connectivity index (χ2n) is 4.01. The molecule has 98 valence electrons. The predicted molar refractivity (Wildman–Crippen MR) is 70.7 cm³/mol. The minimum absolute atomic E-state index is 0.136. The average Bonchev–Trinajstić information content (AvgIpc) is 2.37. The number of carbonyl (C=O) groups excluding carboxylic acids is 1. The molecule has 0 aliphatic carbocycles. The number of aryl methyl sites for hydroxylation is 1. The molecule has 0 bridgehead atoms. The van der Waals surface area contributed by atoms with E-state index in [1.54, 1.807) is 12.3 Å². The molecule has 0 N–H and O–H groups in total. The molecule has 0 amide bonds. The van der Waals surface area contributed by atoms with E-state index in [2.05, 4.69) is 9.72 Å². The molecule has 1 heterocycles. The zero-order valence-electron chi connectivity index (χ0n) is 10.4. The van der Waals surface area contributed by atoms with E-state index in [9.17, 15) is 9.18 Å². The van der Waals surface area contributed by atoms with Gasteiger partial charge in [0.15, 0.2) is 0 Å². The molecule has 0 unspecified atom stereocenters. The monoisotopic (exact) mass is 279 g/mol. The number of pyridine rings is 1. The number of halogens is 2. The largest absolute Gasteiger partial charge is 0.465 e. The third kappa shape index (κ3) is 2.74. The SMILES string of the molecule is COC(=O)c1cc(F)cc(-c2c(C)ccnc2Cl)c1. The summed E-state index contributed by atoms with van der Waals surface area (Å²) < 4.78 is 18.2. The first-order valence-electron chi connectivity index (χ1n) is 5.53. The van der Waals surface area contributed by atoms with Crippen molar-refractivity contribution in [3.8, 4) is 11.1 Å². The fraction of sp³-hybridized carbons (Fsp3) is 0.143. The molecule has 5 heteroatoms. The Labute approximate surface area is 115 Å². The zero-order chi connectivity index (χ0) is 14.0. The minimum atomic E-state index is -0.599. The smallest absolute Gasteiger partial charge is 0.337 e. The maximum Gasteiger partial charge on any atom is 0.337 e. The van der Waals surface area contributed by atoms with Gasteiger partial charge in [-0.1, -0.05) is 11.6 Å². The van der Waals surface area contributed by atoms with Crippen molar-refractivity contribution >= 4 is 17.6 Å². The van der Waals surface area contributed by atoms with Gasteiger partial charge in [0, 0.05) is 11.8 Å². The van der Waals surface area contributed by atoms with Gasteiger partial charge in [-0.2, -0.15) is 0 Å². The summed E-state index contributed by atoms with van der Waals surface area (Å²) in [5.41, 5.74) is 2.09. The quantitative estimate of drug-likeness (QED) is 0.622. The Bertz CT molecular complexity index is 623. The van der Waals surface area contributed by atoms with E-state index in [0.29, 0.717) is 11.1 Å². The van der Waals surface area contributed by atoms with Crippen molar-refractivity contribution in [2.24, 2.45) is 0 Å². The summed E-state index contributed by atoms with van der Waals surface area (Å²) >= 11 is 6.03. The van der Waals surface area contributed by atoms with Gasteiger partial charge in [0.2, 0.25) is 0 Å². The highest BCUT2D eigenvalue weighted by Gasteiger charge is 2.13. The van der Waals surface area contributed by atoms with Crippen LogP contribution in [-0.2, 0) is 4.74 Å². The summed E-state index contributed by atoms with van der Waals surface area (Å²) in [6.07, 6.45) is 1.57. The molecule has 0 saturated carbocycles. The first kappa shape index (κ1) is 13.5. The van der Waals surface area contributed by atoms with Crippen LogP contribution in [0, 0.1) is 12.7 Å². The van der Waals surface area contributed by atoms with Crippen molar-refractivity contribution in [3.63, 3.8) is 0 Å². The maximum atomic E-state index is 13.6. The Kier molecular flexibility index (Phi) is 3.81. The van der Waals surface area contributed by atoms with Gasteiger partial charge in [-0.15, -0.1) is 0 Å². The Morgan fingerprint density at radius 1 is 1.37 bits per heavy atom. The Hall–Kier alpha value is -1.94. The highest BCUT2D eigenvalue weighted by Crippen LogP contribution is 2.30. The summed E-state index contributed by atoms with van der Waals surface area (Å²) in [5.74, 6) is -1.13. The number of aromatic nitrogens is 1. The number of benzene rings is 1. The van der Waals surface area contributed by atoms with E-state index in [1.165, 1.54) is 19.2 Å². The molecule has 3 nitrogen and oxygen atoms in total. The molecular weight excluding hydrogens is 269 g/mol. The van der Waals surface area contributed by atoms with Crippen molar-refractivity contribution in [1.29, 1.82) is 0 Å². The highest BCUT2D eigenvalue weighted by molar-refractivity contribution is 6.32. The summed E-state index contributed by atoms with van der Waals surface area (Å²) in [5, 5.41) is 0.265. The molecule has 2 aromatic rings. The van der Waals surface area contributed by atoms with Gasteiger partial charge < -0.3 is 4.74 Å². The van der Waals surface area contributed by atoms with Crippen LogP contribution in [0.3, 0.4) is 0 Å². The third-order valence-corrected chi connectivity index (χ3v) is 3.01. The van der Waals surface area contributed by atoms with Gasteiger partial charge in [-0.05, 0) is 42.3 Å². The van der Waals surface area contributed by atoms with E-state index < -0.39 is 11.8 Å². The molecule has 0 saturated heterocycles. The van der Waals surface area contributed by atoms with E-state index >= 15 is 0 Å². The first-order valence-corrected chi connectivity index (χ1v) is 5.91. The van der Waals surface area contributed by atoms with Crippen molar-refractivity contribution in [3.05, 3.63) is 52.6 Å². The van der Waals surface area contributed by atoms with Crippen molar-refractivity contribution in [2.75, 3.05) is 7.11 Å². The standard InChI is InChI=1S/C14H11ClFNO2/c1-8-3-4-17-13(15)12(8)9-5-10(14(18)19-2)7-11(16)6-9/h3-7H,1-2H3. The predicted octanol–water partition coefficient (Wildman–Crippen LogP) is 3.64. The Balaban J connectivity index is 2.63. The molecule has 0 radical (unpaired) electrons. The number of hydrogen-bond acceptors (Lipinski definition) is 3. The molecule has 0 fully saturated rings. The lowest BCUT2D eigenvalue weighted by Crippen LogP contribution is -2.02. The van der Waals surface area contributed by atoms with Gasteiger partial charge in [-0.25, -0.2) is 14.2 Å². The van der Waals surface area contributed by atoms with Crippen LogP contribution in [0.15, 0.2) is 30.5 Å². The van der Waals surface area contributed by atoms with Crippen LogP contribution in [-0.4, -0.2) is 18.1 Å². The van der Waals surface area contributed by atoms with Crippen LogP contribution in [0.4, 0.5) is 4.39 Å². The fourth-order valence-electron chi connectivity index (χ4n) is 1.84. The van der Waals surface area contributed by atoms with E-state index in [-0.39, 0.29) is 10.7 Å². The van der Waals surface area contributed by atoms with Gasteiger partial charge in [0.1, 0.15) is 11.0 Å². The fourth-order valence-corrected chi connectivity index (χ4v) is 2.16. The summed E-state index contributed by atoms with van der Waals surface area (Å²) in [4.78, 5) is 15.4. The number of carbonyl (C=O) groups is 1. The highest BCUT2D eigenvalue weighted by atomic mass is 35.5. The summed E-state index contributed by atoms with van der Waals surface area (Å²) in [6, 6.07) is 5.73. The van der Waals surface area contributed by atoms with Crippen LogP contribution in [0.1, 0.15) is 15.9 Å². The summed E-state index contributed by atoms with van der Waals surface area (Å²) in [6.45, 7) is 1.84. The Morgan fingerprint density at radius 2 is 2.11 bits per heavy atom. The van der Waals surface area contributed by atoms with Gasteiger partial charge in [0.25, 0.3) is 0 Å². The van der Waals surface area contributed by atoms with Gasteiger partial charge >= 0.3 is 5.97 Å². The molecule has 19 heavy (non-hydrogen) atoms. The van der Waals surface area contributed by atoms with Gasteiger partial charge in [-0.3, -0.25) is 0 Å². The van der Waals surface area contributed by atoms with Crippen LogP contribution in [0.5, 0.6) is 0 Å². The number of nitrogens with zero attached hydrogens (tertiary/aromatic N) is 1. The lowest BCUT2D eigenvalue weighted by atomic mass is 10.0. The molecular formula is C14H11ClFNO2. The topological polar surface area (TPSA) is 39.2 Å². The molecule has 1 aromatic carbocycles. The van der Waals surface area contributed by atoms with Crippen molar-refractivity contribution in [2.45, 2.75) is 6.92 Å². The number of esters is 1. The molecule has 0 atom stereocenters. The van der Waals surface area contributed by atoms with Crippen molar-refractivity contribution < 1.29 is 13.9 Å². The lowest BCUT2D eigenvalue weighted by Gasteiger charge is -2.09. The normalized spacial score (nSPS) is 10.3. The number of rotatable bonds is 2. The number of hydrogen-bond donors (Lipinski definition) is 0.